The highest BCUT2D eigenvalue weighted by Crippen LogP contribution is 2.25. The Morgan fingerprint density at radius 1 is 1.07 bits per heavy atom. The van der Waals surface area contributed by atoms with Crippen molar-refractivity contribution in [3.63, 3.8) is 0 Å². The molecule has 0 radical (unpaired) electrons. The van der Waals surface area contributed by atoms with Crippen molar-refractivity contribution < 1.29 is 28.6 Å². The molecule has 0 spiro atoms. The highest BCUT2D eigenvalue weighted by atomic mass is 16.5. The van der Waals surface area contributed by atoms with Crippen molar-refractivity contribution in [1.29, 1.82) is 0 Å². The Bertz CT molecular complexity index is 893. The Labute approximate surface area is 163 Å². The zero-order chi connectivity index (χ0) is 20.7. The number of carbonyl (C=O) groups excluding carboxylic acids is 3. The van der Waals surface area contributed by atoms with Gasteiger partial charge in [0.25, 0.3) is 0 Å². The maximum absolute atomic E-state index is 12.1. The second-order valence-corrected chi connectivity index (χ2v) is 6.34. The van der Waals surface area contributed by atoms with Gasteiger partial charge in [0.15, 0.2) is 0 Å². The van der Waals surface area contributed by atoms with Gasteiger partial charge in [-0.15, -0.1) is 0 Å². The fourth-order valence-electron chi connectivity index (χ4n) is 2.65. The van der Waals surface area contributed by atoms with E-state index in [0.717, 1.165) is 10.9 Å². The van der Waals surface area contributed by atoms with Gasteiger partial charge in [-0.1, -0.05) is 6.07 Å². The number of H-pyrrole nitrogens is 1. The number of ether oxygens (including phenoxy) is 3. The average molecular weight is 387 g/mol. The average Bonchev–Trinajstić information content (AvgIpc) is 3.04. The molecule has 0 aliphatic rings. The van der Waals surface area contributed by atoms with Crippen LogP contribution in [0.25, 0.3) is 16.5 Å². The van der Waals surface area contributed by atoms with Crippen molar-refractivity contribution in [2.24, 2.45) is 0 Å². The van der Waals surface area contributed by atoms with E-state index < -0.39 is 17.9 Å². The van der Waals surface area contributed by atoms with Crippen LogP contribution in [0, 0.1) is 0 Å². The fraction of sp³-hybridized carbons (Fsp3) is 0.381. The number of benzene rings is 1. The number of esters is 3. The minimum atomic E-state index is -0.530. The van der Waals surface area contributed by atoms with Crippen molar-refractivity contribution in [2.75, 3.05) is 13.2 Å². The predicted octanol–water partition coefficient (Wildman–Crippen LogP) is 3.63. The second-order valence-electron chi connectivity index (χ2n) is 6.34. The molecule has 1 heterocycles. The molecule has 0 aliphatic heterocycles. The summed E-state index contributed by atoms with van der Waals surface area (Å²) in [6, 6.07) is 7.01. The van der Waals surface area contributed by atoms with E-state index in [1.807, 2.05) is 0 Å². The summed E-state index contributed by atoms with van der Waals surface area (Å²) >= 11 is 0. The van der Waals surface area contributed by atoms with Gasteiger partial charge in [0, 0.05) is 17.0 Å². The number of nitrogens with one attached hydrogen (secondary N) is 1. The van der Waals surface area contributed by atoms with Gasteiger partial charge in [0.05, 0.1) is 25.7 Å². The maximum Gasteiger partial charge on any atom is 0.355 e. The molecule has 28 heavy (non-hydrogen) atoms. The smallest absolute Gasteiger partial charge is 0.355 e. The van der Waals surface area contributed by atoms with Crippen molar-refractivity contribution in [3.05, 3.63) is 41.6 Å². The summed E-state index contributed by atoms with van der Waals surface area (Å²) in [6.45, 7) is 7.47. The molecule has 0 saturated heterocycles. The lowest BCUT2D eigenvalue weighted by molar-refractivity contribution is -0.141. The molecule has 150 valence electrons. The number of fused-ring (bicyclic) bond motifs is 1. The van der Waals surface area contributed by atoms with E-state index in [2.05, 4.69) is 4.98 Å². The first-order chi connectivity index (χ1) is 13.3. The first kappa shape index (κ1) is 21.2. The van der Waals surface area contributed by atoms with E-state index in [0.29, 0.717) is 16.8 Å². The van der Waals surface area contributed by atoms with E-state index in [-0.39, 0.29) is 25.7 Å². The molecular weight excluding hydrogens is 362 g/mol. The third-order valence-corrected chi connectivity index (χ3v) is 3.77. The van der Waals surface area contributed by atoms with Gasteiger partial charge < -0.3 is 19.2 Å². The SMILES string of the molecule is CCOC(=O)/C=C(\CC(=O)OCC)c1ccc2[nH]c(C(=O)OC(C)C)cc2c1. The monoisotopic (exact) mass is 387 g/mol. The summed E-state index contributed by atoms with van der Waals surface area (Å²) in [6.07, 6.45) is 1.01. The minimum absolute atomic E-state index is 0.0647. The predicted molar refractivity (Wildman–Crippen MR) is 105 cm³/mol. The van der Waals surface area contributed by atoms with Gasteiger partial charge >= 0.3 is 17.9 Å². The van der Waals surface area contributed by atoms with Crippen LogP contribution in [0.5, 0.6) is 0 Å². The van der Waals surface area contributed by atoms with Crippen LogP contribution < -0.4 is 0 Å². The van der Waals surface area contributed by atoms with Crippen LogP contribution in [0.2, 0.25) is 0 Å². The molecule has 1 aromatic heterocycles. The van der Waals surface area contributed by atoms with Crippen LogP contribution in [0.4, 0.5) is 0 Å². The van der Waals surface area contributed by atoms with Gasteiger partial charge in [-0.25, -0.2) is 9.59 Å². The van der Waals surface area contributed by atoms with Crippen molar-refractivity contribution in [2.45, 2.75) is 40.2 Å². The van der Waals surface area contributed by atoms with Crippen LogP contribution in [0.15, 0.2) is 30.3 Å². The van der Waals surface area contributed by atoms with E-state index >= 15 is 0 Å². The third kappa shape index (κ3) is 5.70. The second kappa shape index (κ2) is 9.73. The van der Waals surface area contributed by atoms with Gasteiger partial charge in [-0.3, -0.25) is 4.79 Å². The highest BCUT2D eigenvalue weighted by Gasteiger charge is 2.15. The molecule has 0 bridgehead atoms. The molecule has 0 saturated carbocycles. The van der Waals surface area contributed by atoms with Gasteiger partial charge in [-0.2, -0.15) is 0 Å². The summed E-state index contributed by atoms with van der Waals surface area (Å²) in [5.41, 5.74) is 2.22. The molecule has 1 aromatic carbocycles. The van der Waals surface area contributed by atoms with Crippen molar-refractivity contribution >= 4 is 34.4 Å². The normalized spacial score (nSPS) is 11.5. The number of carbonyl (C=O) groups is 3. The van der Waals surface area contributed by atoms with Crippen LogP contribution in [0.3, 0.4) is 0 Å². The van der Waals surface area contributed by atoms with Gasteiger partial charge in [0.1, 0.15) is 5.69 Å². The molecule has 0 aliphatic carbocycles. The Kier molecular flexibility index (Phi) is 7.37. The quantitative estimate of drug-likeness (QED) is 0.422. The Morgan fingerprint density at radius 2 is 1.79 bits per heavy atom. The molecule has 0 amide bonds. The zero-order valence-electron chi connectivity index (χ0n) is 16.5. The maximum atomic E-state index is 12.1. The highest BCUT2D eigenvalue weighted by molar-refractivity contribution is 5.99. The lowest BCUT2D eigenvalue weighted by Crippen LogP contribution is -2.11. The minimum Gasteiger partial charge on any atom is -0.466 e. The zero-order valence-corrected chi connectivity index (χ0v) is 16.5. The van der Waals surface area contributed by atoms with Crippen molar-refractivity contribution in [3.8, 4) is 0 Å². The van der Waals surface area contributed by atoms with Gasteiger partial charge in [0.2, 0.25) is 0 Å². The number of hydrogen-bond donors (Lipinski definition) is 1. The van der Waals surface area contributed by atoms with Crippen LogP contribution in [0.1, 0.15) is 50.2 Å². The van der Waals surface area contributed by atoms with E-state index in [4.69, 9.17) is 14.2 Å². The molecule has 2 aromatic rings. The topological polar surface area (TPSA) is 94.7 Å². The Hall–Kier alpha value is -3.09. The van der Waals surface area contributed by atoms with Gasteiger partial charge in [-0.05, 0) is 57.0 Å². The summed E-state index contributed by atoms with van der Waals surface area (Å²) < 4.78 is 15.2. The third-order valence-electron chi connectivity index (χ3n) is 3.77. The molecule has 0 fully saturated rings. The largest absolute Gasteiger partial charge is 0.466 e. The fourth-order valence-corrected chi connectivity index (χ4v) is 2.65. The lowest BCUT2D eigenvalue weighted by Gasteiger charge is -2.08. The molecule has 0 atom stereocenters. The first-order valence-corrected chi connectivity index (χ1v) is 9.21. The molecule has 2 rings (SSSR count). The molecular formula is C21H25NO6. The van der Waals surface area contributed by atoms with E-state index in [1.54, 1.807) is 52.0 Å². The van der Waals surface area contributed by atoms with E-state index in [1.165, 1.54) is 6.08 Å². The van der Waals surface area contributed by atoms with Crippen LogP contribution in [-0.2, 0) is 23.8 Å². The number of aromatic nitrogens is 1. The summed E-state index contributed by atoms with van der Waals surface area (Å²) in [7, 11) is 0. The standard InChI is InChI=1S/C21H25NO6/c1-5-26-19(23)11-15(12-20(24)27-6-2)14-7-8-17-16(9-14)10-18(22-17)21(25)28-13(3)4/h7-11,13,22H,5-6,12H2,1-4H3/b15-11+. The number of hydrogen-bond acceptors (Lipinski definition) is 6. The van der Waals surface area contributed by atoms with E-state index in [9.17, 15) is 14.4 Å². The van der Waals surface area contributed by atoms with Crippen molar-refractivity contribution in [1.82, 2.24) is 4.98 Å². The summed E-state index contributed by atoms with van der Waals surface area (Å²) in [4.78, 5) is 39.0. The van der Waals surface area contributed by atoms with Crippen LogP contribution in [-0.4, -0.2) is 42.2 Å². The Morgan fingerprint density at radius 3 is 2.43 bits per heavy atom. The Balaban J connectivity index is 2.37. The van der Waals surface area contributed by atoms with Crippen LogP contribution >= 0.6 is 0 Å². The summed E-state index contributed by atoms with van der Waals surface area (Å²) in [5, 5.41) is 0.756. The molecule has 7 heteroatoms. The number of aromatic amines is 1. The molecule has 7 nitrogen and oxygen atoms in total. The lowest BCUT2D eigenvalue weighted by atomic mass is 10.0. The summed E-state index contributed by atoms with van der Waals surface area (Å²) in [5.74, 6) is -1.41. The first-order valence-electron chi connectivity index (χ1n) is 9.21. The molecule has 1 N–H and O–H groups in total. The number of rotatable bonds is 8. The molecule has 0 unspecified atom stereocenters.